The summed E-state index contributed by atoms with van der Waals surface area (Å²) in [5.74, 6) is -0.920. The van der Waals surface area contributed by atoms with Crippen LogP contribution in [0.5, 0.6) is 0 Å². The minimum absolute atomic E-state index is 0.524. The van der Waals surface area contributed by atoms with E-state index in [0.717, 1.165) is 5.19 Å². The SMILES string of the molecule is C[Si](C)(C)c1cccc(C(O)C(O)C(N)=O)c1. The zero-order chi connectivity index (χ0) is 13.2. The van der Waals surface area contributed by atoms with Crippen molar-refractivity contribution in [2.45, 2.75) is 31.8 Å². The van der Waals surface area contributed by atoms with Crippen molar-refractivity contribution >= 4 is 19.2 Å². The molecule has 17 heavy (non-hydrogen) atoms. The van der Waals surface area contributed by atoms with Crippen molar-refractivity contribution in [2.75, 3.05) is 0 Å². The van der Waals surface area contributed by atoms with Gasteiger partial charge in [0, 0.05) is 0 Å². The Morgan fingerprint density at radius 3 is 2.35 bits per heavy atom. The monoisotopic (exact) mass is 253 g/mol. The largest absolute Gasteiger partial charge is 0.385 e. The van der Waals surface area contributed by atoms with Crippen LogP contribution >= 0.6 is 0 Å². The van der Waals surface area contributed by atoms with Gasteiger partial charge in [0.2, 0.25) is 5.91 Å². The zero-order valence-electron chi connectivity index (χ0n) is 10.3. The molecule has 94 valence electrons. The highest BCUT2D eigenvalue weighted by Crippen LogP contribution is 2.16. The number of primary amides is 1. The van der Waals surface area contributed by atoms with E-state index in [0.29, 0.717) is 5.56 Å². The van der Waals surface area contributed by atoms with Gasteiger partial charge >= 0.3 is 0 Å². The number of rotatable bonds is 4. The van der Waals surface area contributed by atoms with Crippen LogP contribution in [0.2, 0.25) is 19.6 Å². The van der Waals surface area contributed by atoms with Crippen molar-refractivity contribution in [3.63, 3.8) is 0 Å². The zero-order valence-corrected chi connectivity index (χ0v) is 11.3. The van der Waals surface area contributed by atoms with E-state index in [2.05, 4.69) is 19.6 Å². The molecule has 0 saturated carbocycles. The number of amides is 1. The maximum Gasteiger partial charge on any atom is 0.249 e. The summed E-state index contributed by atoms with van der Waals surface area (Å²) >= 11 is 0. The number of aliphatic hydroxyl groups excluding tert-OH is 2. The van der Waals surface area contributed by atoms with Gasteiger partial charge < -0.3 is 15.9 Å². The summed E-state index contributed by atoms with van der Waals surface area (Å²) in [6.07, 6.45) is -2.82. The predicted molar refractivity (Wildman–Crippen MR) is 69.6 cm³/mol. The molecule has 1 aromatic carbocycles. The van der Waals surface area contributed by atoms with Crippen LogP contribution < -0.4 is 10.9 Å². The topological polar surface area (TPSA) is 83.6 Å². The quantitative estimate of drug-likeness (QED) is 0.666. The van der Waals surface area contributed by atoms with E-state index in [4.69, 9.17) is 5.73 Å². The van der Waals surface area contributed by atoms with E-state index in [1.165, 1.54) is 0 Å². The number of nitrogens with two attached hydrogens (primary N) is 1. The smallest absolute Gasteiger partial charge is 0.249 e. The Labute approximate surface area is 102 Å². The molecule has 1 rings (SSSR count). The lowest BCUT2D eigenvalue weighted by atomic mass is 10.0. The van der Waals surface area contributed by atoms with Crippen LogP contribution in [0.1, 0.15) is 11.7 Å². The molecule has 0 fully saturated rings. The number of hydrogen-bond donors (Lipinski definition) is 3. The fraction of sp³-hybridized carbons (Fsp3) is 0.417. The first-order valence-corrected chi connectivity index (χ1v) is 8.99. The molecule has 0 saturated heterocycles. The van der Waals surface area contributed by atoms with Gasteiger partial charge in [-0.05, 0) is 5.56 Å². The molecule has 0 aliphatic carbocycles. The van der Waals surface area contributed by atoms with Crippen LogP contribution in [-0.2, 0) is 4.79 Å². The molecule has 0 aliphatic heterocycles. The predicted octanol–water partition coefficient (Wildman–Crippen LogP) is 0.111. The second-order valence-electron chi connectivity index (χ2n) is 5.17. The maximum absolute atomic E-state index is 10.8. The van der Waals surface area contributed by atoms with E-state index in [9.17, 15) is 15.0 Å². The Hall–Kier alpha value is -1.17. The Bertz CT molecular complexity index is 414. The first-order chi connectivity index (χ1) is 7.73. The number of carbonyl (C=O) groups excluding carboxylic acids is 1. The van der Waals surface area contributed by atoms with Crippen LogP contribution in [0.3, 0.4) is 0 Å². The van der Waals surface area contributed by atoms with Crippen LogP contribution in [0.25, 0.3) is 0 Å². The average molecular weight is 253 g/mol. The summed E-state index contributed by atoms with van der Waals surface area (Å²) in [6, 6.07) is 7.34. The average Bonchev–Trinajstić information content (AvgIpc) is 2.26. The third-order valence-electron chi connectivity index (χ3n) is 2.68. The summed E-state index contributed by atoms with van der Waals surface area (Å²) in [7, 11) is -1.48. The summed E-state index contributed by atoms with van der Waals surface area (Å²) in [6.45, 7) is 6.55. The number of aliphatic hydroxyl groups is 2. The fourth-order valence-electron chi connectivity index (χ4n) is 1.53. The third-order valence-corrected chi connectivity index (χ3v) is 4.73. The summed E-state index contributed by atoms with van der Waals surface area (Å²) < 4.78 is 0. The van der Waals surface area contributed by atoms with Crippen molar-refractivity contribution in [3.8, 4) is 0 Å². The van der Waals surface area contributed by atoms with Gasteiger partial charge in [0.15, 0.2) is 6.10 Å². The Kier molecular flexibility index (Phi) is 4.08. The van der Waals surface area contributed by atoms with Gasteiger partial charge in [-0.2, -0.15) is 0 Å². The molecule has 0 aliphatic rings. The van der Waals surface area contributed by atoms with E-state index in [1.807, 2.05) is 18.2 Å². The maximum atomic E-state index is 10.8. The first-order valence-electron chi connectivity index (χ1n) is 5.49. The summed E-state index contributed by atoms with van der Waals surface area (Å²) in [5, 5.41) is 20.4. The van der Waals surface area contributed by atoms with Crippen molar-refractivity contribution in [3.05, 3.63) is 29.8 Å². The van der Waals surface area contributed by atoms with Crippen LogP contribution in [-0.4, -0.2) is 30.3 Å². The van der Waals surface area contributed by atoms with E-state index < -0.39 is 26.2 Å². The molecule has 1 amide bonds. The second-order valence-corrected chi connectivity index (χ2v) is 10.2. The van der Waals surface area contributed by atoms with Crippen molar-refractivity contribution in [1.82, 2.24) is 0 Å². The third kappa shape index (κ3) is 3.39. The molecule has 1 aromatic rings. The first kappa shape index (κ1) is 13.9. The Morgan fingerprint density at radius 2 is 1.88 bits per heavy atom. The highest BCUT2D eigenvalue weighted by molar-refractivity contribution is 6.88. The van der Waals surface area contributed by atoms with Crippen molar-refractivity contribution in [1.29, 1.82) is 0 Å². The van der Waals surface area contributed by atoms with Crippen LogP contribution in [0.15, 0.2) is 24.3 Å². The lowest BCUT2D eigenvalue weighted by Crippen LogP contribution is -2.39. The standard InChI is InChI=1S/C12H19NO3Si/c1-17(2,3)9-6-4-5-8(7-9)10(14)11(15)12(13)16/h4-7,10-11,14-15H,1-3H3,(H2,13,16). The molecule has 0 bridgehead atoms. The lowest BCUT2D eigenvalue weighted by Gasteiger charge is -2.20. The Balaban J connectivity index is 3.04. The van der Waals surface area contributed by atoms with Crippen molar-refractivity contribution in [2.24, 2.45) is 5.73 Å². The van der Waals surface area contributed by atoms with Gasteiger partial charge in [-0.3, -0.25) is 4.79 Å². The van der Waals surface area contributed by atoms with Gasteiger partial charge in [0.1, 0.15) is 6.10 Å². The lowest BCUT2D eigenvalue weighted by molar-refractivity contribution is -0.131. The van der Waals surface area contributed by atoms with Gasteiger partial charge in [-0.1, -0.05) is 49.1 Å². The molecule has 4 N–H and O–H groups in total. The molecule has 0 radical (unpaired) electrons. The molecule has 2 unspecified atom stereocenters. The number of carbonyl (C=O) groups is 1. The van der Waals surface area contributed by atoms with Gasteiger partial charge in [-0.15, -0.1) is 0 Å². The molecule has 0 aromatic heterocycles. The molecular weight excluding hydrogens is 234 g/mol. The number of benzene rings is 1. The molecular formula is C12H19NO3Si. The number of hydrogen-bond acceptors (Lipinski definition) is 3. The minimum Gasteiger partial charge on any atom is -0.385 e. The van der Waals surface area contributed by atoms with Crippen molar-refractivity contribution < 1.29 is 15.0 Å². The van der Waals surface area contributed by atoms with Gasteiger partial charge in [0.05, 0.1) is 8.07 Å². The summed E-state index contributed by atoms with van der Waals surface area (Å²) in [5.41, 5.74) is 5.48. The summed E-state index contributed by atoms with van der Waals surface area (Å²) in [4.78, 5) is 10.8. The normalized spacial score (nSPS) is 15.4. The van der Waals surface area contributed by atoms with E-state index >= 15 is 0 Å². The van der Waals surface area contributed by atoms with Gasteiger partial charge in [-0.25, -0.2) is 0 Å². The van der Waals surface area contributed by atoms with E-state index in [1.54, 1.807) is 6.07 Å². The van der Waals surface area contributed by atoms with Gasteiger partial charge in [0.25, 0.3) is 0 Å². The molecule has 2 atom stereocenters. The molecule has 4 nitrogen and oxygen atoms in total. The molecule has 0 spiro atoms. The Morgan fingerprint density at radius 1 is 1.29 bits per heavy atom. The highest BCUT2D eigenvalue weighted by Gasteiger charge is 2.25. The molecule has 0 heterocycles. The van der Waals surface area contributed by atoms with Crippen LogP contribution in [0.4, 0.5) is 0 Å². The minimum atomic E-state index is -1.56. The second kappa shape index (κ2) is 4.99. The van der Waals surface area contributed by atoms with Crippen LogP contribution in [0, 0.1) is 0 Å². The fourth-order valence-corrected chi connectivity index (χ4v) is 2.72. The highest BCUT2D eigenvalue weighted by atomic mass is 28.3. The molecule has 5 heteroatoms. The van der Waals surface area contributed by atoms with E-state index in [-0.39, 0.29) is 0 Å².